The van der Waals surface area contributed by atoms with Crippen LogP contribution in [0.25, 0.3) is 0 Å². The molecule has 2 heterocycles. The van der Waals surface area contributed by atoms with Gasteiger partial charge in [0.2, 0.25) is 15.9 Å². The maximum Gasteiger partial charge on any atom is 0.243 e. The minimum atomic E-state index is -3.58. The smallest absolute Gasteiger partial charge is 0.243 e. The zero-order chi connectivity index (χ0) is 22.6. The van der Waals surface area contributed by atoms with Gasteiger partial charge in [0, 0.05) is 38.4 Å². The topological polar surface area (TPSA) is 69.7 Å². The molecule has 2 aliphatic heterocycles. The molecule has 172 valence electrons. The minimum absolute atomic E-state index is 0.0751. The Balaban J connectivity index is 1.33. The third kappa shape index (κ3) is 5.33. The lowest BCUT2D eigenvalue weighted by Gasteiger charge is -2.31. The van der Waals surface area contributed by atoms with Gasteiger partial charge in [-0.25, -0.2) is 8.42 Å². The van der Waals surface area contributed by atoms with Crippen LogP contribution in [0.4, 0.5) is 5.69 Å². The standard InChI is InChI=1S/C25H33N3O3S/c1-20-7-13-24(14-8-20)32(30,31)28-17-5-6-22(19-28)25(29)26-18-21-9-11-23(12-10-21)27-15-3-2-4-16-27/h7-14,22H,2-6,15-19H2,1H3,(H,26,29). The highest BCUT2D eigenvalue weighted by Gasteiger charge is 2.33. The summed E-state index contributed by atoms with van der Waals surface area (Å²) in [5, 5.41) is 3.01. The van der Waals surface area contributed by atoms with Gasteiger partial charge in [0.1, 0.15) is 0 Å². The monoisotopic (exact) mass is 455 g/mol. The third-order valence-electron chi connectivity index (χ3n) is 6.54. The Labute approximate surface area is 191 Å². The molecule has 0 spiro atoms. The van der Waals surface area contributed by atoms with Crippen LogP contribution in [0.15, 0.2) is 53.4 Å². The van der Waals surface area contributed by atoms with Gasteiger partial charge >= 0.3 is 0 Å². The lowest BCUT2D eigenvalue weighted by atomic mass is 9.98. The number of carbonyl (C=O) groups is 1. The molecular formula is C25H33N3O3S. The molecule has 4 rings (SSSR count). The molecule has 1 N–H and O–H groups in total. The first-order valence-corrected chi connectivity index (χ1v) is 13.1. The summed E-state index contributed by atoms with van der Waals surface area (Å²) >= 11 is 0. The number of benzene rings is 2. The predicted molar refractivity (Wildman–Crippen MR) is 127 cm³/mol. The van der Waals surface area contributed by atoms with Crippen molar-refractivity contribution < 1.29 is 13.2 Å². The number of hydrogen-bond donors (Lipinski definition) is 1. The van der Waals surface area contributed by atoms with E-state index in [-0.39, 0.29) is 23.3 Å². The fourth-order valence-electron chi connectivity index (χ4n) is 4.54. The van der Waals surface area contributed by atoms with Crippen LogP contribution in [0, 0.1) is 12.8 Å². The fraction of sp³-hybridized carbons (Fsp3) is 0.480. The van der Waals surface area contributed by atoms with Gasteiger partial charge < -0.3 is 10.2 Å². The molecule has 7 heteroatoms. The summed E-state index contributed by atoms with van der Waals surface area (Å²) in [7, 11) is -3.58. The molecule has 0 aromatic heterocycles. The van der Waals surface area contributed by atoms with E-state index in [1.165, 1.54) is 29.3 Å². The SMILES string of the molecule is Cc1ccc(S(=O)(=O)N2CCCC(C(=O)NCc3ccc(N4CCCCC4)cc3)C2)cc1. The van der Waals surface area contributed by atoms with E-state index in [2.05, 4.69) is 34.5 Å². The lowest BCUT2D eigenvalue weighted by Crippen LogP contribution is -2.45. The summed E-state index contributed by atoms with van der Waals surface area (Å²) < 4.78 is 27.5. The number of anilines is 1. The number of sulfonamides is 1. The average Bonchev–Trinajstić information content (AvgIpc) is 2.84. The van der Waals surface area contributed by atoms with Gasteiger partial charge in [-0.1, -0.05) is 29.8 Å². The number of carbonyl (C=O) groups excluding carboxylic acids is 1. The van der Waals surface area contributed by atoms with Gasteiger partial charge in [-0.2, -0.15) is 4.31 Å². The molecule has 32 heavy (non-hydrogen) atoms. The third-order valence-corrected chi connectivity index (χ3v) is 8.42. The number of piperidine rings is 2. The van der Waals surface area contributed by atoms with Crippen LogP contribution in [0.2, 0.25) is 0 Å². The van der Waals surface area contributed by atoms with Crippen molar-refractivity contribution in [1.82, 2.24) is 9.62 Å². The van der Waals surface area contributed by atoms with Crippen molar-refractivity contribution in [1.29, 1.82) is 0 Å². The normalized spacial score (nSPS) is 20.2. The van der Waals surface area contributed by atoms with Crippen LogP contribution in [-0.4, -0.2) is 44.8 Å². The summed E-state index contributed by atoms with van der Waals surface area (Å²) in [6.45, 7) is 5.30. The van der Waals surface area contributed by atoms with Crippen LogP contribution >= 0.6 is 0 Å². The Kier molecular flexibility index (Phi) is 7.16. The van der Waals surface area contributed by atoms with Crippen molar-refractivity contribution >= 4 is 21.6 Å². The Hall–Kier alpha value is -2.38. The second-order valence-electron chi connectivity index (χ2n) is 8.95. The predicted octanol–water partition coefficient (Wildman–Crippen LogP) is 3.70. The van der Waals surface area contributed by atoms with Crippen molar-refractivity contribution in [2.75, 3.05) is 31.1 Å². The molecule has 6 nitrogen and oxygen atoms in total. The summed E-state index contributed by atoms with van der Waals surface area (Å²) in [4.78, 5) is 15.5. The number of amides is 1. The highest BCUT2D eigenvalue weighted by atomic mass is 32.2. The first-order chi connectivity index (χ1) is 15.4. The second kappa shape index (κ2) is 10.0. The molecule has 2 aromatic rings. The second-order valence-corrected chi connectivity index (χ2v) is 10.9. The number of hydrogen-bond acceptors (Lipinski definition) is 4. The zero-order valence-corrected chi connectivity index (χ0v) is 19.6. The highest BCUT2D eigenvalue weighted by molar-refractivity contribution is 7.89. The Morgan fingerprint density at radius 2 is 1.62 bits per heavy atom. The summed E-state index contributed by atoms with van der Waals surface area (Å²) in [6.07, 6.45) is 5.20. The molecule has 0 saturated carbocycles. The van der Waals surface area contributed by atoms with Gasteiger partial charge in [0.15, 0.2) is 0 Å². The van der Waals surface area contributed by atoms with E-state index >= 15 is 0 Å². The number of nitrogens with one attached hydrogen (secondary N) is 1. The van der Waals surface area contributed by atoms with Gasteiger partial charge in [-0.05, 0) is 68.9 Å². The van der Waals surface area contributed by atoms with Gasteiger partial charge in [0.05, 0.1) is 10.8 Å². The van der Waals surface area contributed by atoms with Crippen molar-refractivity contribution in [2.45, 2.75) is 50.5 Å². The molecule has 1 amide bonds. The lowest BCUT2D eigenvalue weighted by molar-refractivity contribution is -0.126. The molecule has 1 unspecified atom stereocenters. The number of rotatable bonds is 6. The molecule has 2 aliphatic rings. The van der Waals surface area contributed by atoms with Crippen molar-refractivity contribution in [3.8, 4) is 0 Å². The first kappa shape index (κ1) is 22.8. The number of aryl methyl sites for hydroxylation is 1. The summed E-state index contributed by atoms with van der Waals surface area (Å²) in [6, 6.07) is 15.3. The van der Waals surface area contributed by atoms with E-state index in [1.54, 1.807) is 24.3 Å². The van der Waals surface area contributed by atoms with E-state index in [0.29, 0.717) is 25.9 Å². The minimum Gasteiger partial charge on any atom is -0.372 e. The van der Waals surface area contributed by atoms with Gasteiger partial charge in [0.25, 0.3) is 0 Å². The molecule has 0 aliphatic carbocycles. The Bertz CT molecular complexity index is 1010. The molecule has 0 radical (unpaired) electrons. The van der Waals surface area contributed by atoms with E-state index in [4.69, 9.17) is 0 Å². The summed E-state index contributed by atoms with van der Waals surface area (Å²) in [5.74, 6) is -0.398. The van der Waals surface area contributed by atoms with Gasteiger partial charge in [-0.3, -0.25) is 4.79 Å². The number of nitrogens with zero attached hydrogens (tertiary/aromatic N) is 2. The van der Waals surface area contributed by atoms with E-state index in [1.807, 2.05) is 6.92 Å². The molecule has 0 bridgehead atoms. The van der Waals surface area contributed by atoms with Crippen molar-refractivity contribution in [3.05, 3.63) is 59.7 Å². The fourth-order valence-corrected chi connectivity index (χ4v) is 6.07. The molecular weight excluding hydrogens is 422 g/mol. The summed E-state index contributed by atoms with van der Waals surface area (Å²) in [5.41, 5.74) is 3.31. The molecule has 2 saturated heterocycles. The average molecular weight is 456 g/mol. The maximum absolute atomic E-state index is 13.0. The van der Waals surface area contributed by atoms with Crippen molar-refractivity contribution in [2.24, 2.45) is 5.92 Å². The van der Waals surface area contributed by atoms with Crippen LogP contribution in [0.3, 0.4) is 0 Å². The highest BCUT2D eigenvalue weighted by Crippen LogP contribution is 2.25. The molecule has 1 atom stereocenters. The van der Waals surface area contributed by atoms with Crippen LogP contribution in [0.1, 0.15) is 43.2 Å². The Morgan fingerprint density at radius 1 is 0.938 bits per heavy atom. The van der Waals surface area contributed by atoms with E-state index in [0.717, 1.165) is 24.2 Å². The Morgan fingerprint density at radius 3 is 2.31 bits per heavy atom. The first-order valence-electron chi connectivity index (χ1n) is 11.6. The maximum atomic E-state index is 13.0. The van der Waals surface area contributed by atoms with Crippen molar-refractivity contribution in [3.63, 3.8) is 0 Å². The molecule has 2 fully saturated rings. The molecule has 2 aromatic carbocycles. The van der Waals surface area contributed by atoms with Gasteiger partial charge in [-0.15, -0.1) is 0 Å². The van der Waals surface area contributed by atoms with Crippen LogP contribution in [0.5, 0.6) is 0 Å². The van der Waals surface area contributed by atoms with E-state index < -0.39 is 10.0 Å². The van der Waals surface area contributed by atoms with Crippen LogP contribution in [-0.2, 0) is 21.4 Å². The zero-order valence-electron chi connectivity index (χ0n) is 18.8. The largest absolute Gasteiger partial charge is 0.372 e. The quantitative estimate of drug-likeness (QED) is 0.721. The van der Waals surface area contributed by atoms with Crippen LogP contribution < -0.4 is 10.2 Å². The van der Waals surface area contributed by atoms with E-state index in [9.17, 15) is 13.2 Å².